The van der Waals surface area contributed by atoms with Gasteiger partial charge in [0.25, 0.3) is 5.91 Å². The molecule has 3 rings (SSSR count). The molecule has 0 aliphatic heterocycles. The first kappa shape index (κ1) is 18.1. The fourth-order valence-electron chi connectivity index (χ4n) is 2.38. The minimum absolute atomic E-state index is 0.136. The van der Waals surface area contributed by atoms with Gasteiger partial charge in [0.1, 0.15) is 4.34 Å². The number of benzene rings is 1. The van der Waals surface area contributed by atoms with Gasteiger partial charge in [-0.1, -0.05) is 34.5 Å². The Bertz CT molecular complexity index is 1050. The number of aryl methyl sites for hydroxylation is 1. The standard InChI is InChI=1S/C16H13Cl2N3O2S2/c1-3-21-11-5-4-9(19-8(2)22)6-12(11)24-16(21)20-15(23)10-7-13(17)25-14(10)18/h4-7H,3H2,1-2H3,(H,19,22). The van der Waals surface area contributed by atoms with Crippen molar-refractivity contribution in [1.29, 1.82) is 0 Å². The zero-order valence-electron chi connectivity index (χ0n) is 13.3. The molecule has 0 saturated carbocycles. The first-order valence-corrected chi connectivity index (χ1v) is 9.72. The van der Waals surface area contributed by atoms with Crippen molar-refractivity contribution < 1.29 is 9.59 Å². The van der Waals surface area contributed by atoms with E-state index in [4.69, 9.17) is 23.2 Å². The Morgan fingerprint density at radius 2 is 2.00 bits per heavy atom. The lowest BCUT2D eigenvalue weighted by Crippen LogP contribution is -2.15. The predicted octanol–water partition coefficient (Wildman–Crippen LogP) is 4.79. The van der Waals surface area contributed by atoms with Crippen molar-refractivity contribution in [3.05, 3.63) is 43.3 Å². The Labute approximate surface area is 161 Å². The molecule has 1 N–H and O–H groups in total. The average molecular weight is 414 g/mol. The van der Waals surface area contributed by atoms with Gasteiger partial charge in [0.2, 0.25) is 5.91 Å². The smallest absolute Gasteiger partial charge is 0.282 e. The van der Waals surface area contributed by atoms with Crippen LogP contribution in [0.15, 0.2) is 29.3 Å². The molecule has 25 heavy (non-hydrogen) atoms. The Balaban J connectivity index is 2.10. The minimum Gasteiger partial charge on any atom is -0.326 e. The quantitative estimate of drug-likeness (QED) is 0.670. The van der Waals surface area contributed by atoms with Crippen LogP contribution in [0.25, 0.3) is 10.2 Å². The van der Waals surface area contributed by atoms with Gasteiger partial charge in [-0.3, -0.25) is 9.59 Å². The lowest BCUT2D eigenvalue weighted by molar-refractivity contribution is -0.114. The molecule has 9 heteroatoms. The van der Waals surface area contributed by atoms with Crippen LogP contribution in [-0.4, -0.2) is 16.4 Å². The Morgan fingerprint density at radius 1 is 1.24 bits per heavy atom. The number of thiazole rings is 1. The second kappa shape index (κ2) is 7.29. The summed E-state index contributed by atoms with van der Waals surface area (Å²) in [5, 5.41) is 2.75. The number of nitrogens with one attached hydrogen (secondary N) is 1. The molecule has 2 amide bonds. The lowest BCUT2D eigenvalue weighted by Gasteiger charge is -2.03. The van der Waals surface area contributed by atoms with Crippen LogP contribution in [0.3, 0.4) is 0 Å². The van der Waals surface area contributed by atoms with E-state index in [1.165, 1.54) is 24.3 Å². The molecule has 5 nitrogen and oxygen atoms in total. The second-order valence-corrected chi connectivity index (χ2v) is 8.44. The van der Waals surface area contributed by atoms with Crippen molar-refractivity contribution in [1.82, 2.24) is 4.57 Å². The SMILES string of the molecule is CCn1c(=NC(=O)c2cc(Cl)sc2Cl)sc2cc(NC(C)=O)ccc21. The van der Waals surface area contributed by atoms with E-state index >= 15 is 0 Å². The third kappa shape index (κ3) is 3.79. The third-order valence-corrected chi connectivity index (χ3v) is 5.93. The highest BCUT2D eigenvalue weighted by atomic mass is 35.5. The second-order valence-electron chi connectivity index (χ2n) is 5.15. The maximum Gasteiger partial charge on any atom is 0.282 e. The fourth-order valence-corrected chi connectivity index (χ4v) is 4.96. The summed E-state index contributed by atoms with van der Waals surface area (Å²) in [4.78, 5) is 28.4. The van der Waals surface area contributed by atoms with E-state index in [2.05, 4.69) is 10.3 Å². The number of aromatic nitrogens is 1. The van der Waals surface area contributed by atoms with E-state index in [1.54, 1.807) is 0 Å². The highest BCUT2D eigenvalue weighted by Gasteiger charge is 2.15. The average Bonchev–Trinajstić information content (AvgIpc) is 3.04. The van der Waals surface area contributed by atoms with Crippen molar-refractivity contribution in [3.63, 3.8) is 0 Å². The van der Waals surface area contributed by atoms with Crippen LogP contribution in [0.4, 0.5) is 5.69 Å². The number of anilines is 1. The molecule has 130 valence electrons. The van der Waals surface area contributed by atoms with E-state index in [0.29, 0.717) is 31.3 Å². The van der Waals surface area contributed by atoms with Crippen LogP contribution in [0.2, 0.25) is 8.67 Å². The zero-order valence-corrected chi connectivity index (χ0v) is 16.4. The maximum atomic E-state index is 12.4. The number of hydrogen-bond acceptors (Lipinski definition) is 4. The van der Waals surface area contributed by atoms with Gasteiger partial charge in [-0.05, 0) is 31.2 Å². The summed E-state index contributed by atoms with van der Waals surface area (Å²) in [5.41, 5.74) is 1.95. The first-order valence-electron chi connectivity index (χ1n) is 7.34. The van der Waals surface area contributed by atoms with Crippen LogP contribution in [0.5, 0.6) is 0 Å². The van der Waals surface area contributed by atoms with Crippen LogP contribution >= 0.6 is 45.9 Å². The predicted molar refractivity (Wildman–Crippen MR) is 104 cm³/mol. The largest absolute Gasteiger partial charge is 0.326 e. The van der Waals surface area contributed by atoms with Crippen molar-refractivity contribution >= 4 is 73.6 Å². The van der Waals surface area contributed by atoms with E-state index in [1.807, 2.05) is 29.7 Å². The van der Waals surface area contributed by atoms with Crippen LogP contribution < -0.4 is 10.1 Å². The summed E-state index contributed by atoms with van der Waals surface area (Å²) in [7, 11) is 0. The number of thiophene rings is 1. The number of carbonyl (C=O) groups excluding carboxylic acids is 2. The highest BCUT2D eigenvalue weighted by molar-refractivity contribution is 7.20. The topological polar surface area (TPSA) is 63.5 Å². The Hall–Kier alpha value is -1.67. The maximum absolute atomic E-state index is 12.4. The summed E-state index contributed by atoms with van der Waals surface area (Å²) in [5.74, 6) is -0.563. The molecule has 0 atom stereocenters. The van der Waals surface area contributed by atoms with Crippen LogP contribution in [0.1, 0.15) is 24.2 Å². The molecular weight excluding hydrogens is 401 g/mol. The van der Waals surface area contributed by atoms with Crippen molar-refractivity contribution in [2.75, 3.05) is 5.32 Å². The molecule has 2 heterocycles. The molecule has 0 radical (unpaired) electrons. The molecular formula is C16H13Cl2N3O2S2. The highest BCUT2D eigenvalue weighted by Crippen LogP contribution is 2.31. The van der Waals surface area contributed by atoms with Gasteiger partial charge in [0.05, 0.1) is 20.1 Å². The first-order chi connectivity index (χ1) is 11.9. The molecule has 0 bridgehead atoms. The number of carbonyl (C=O) groups is 2. The minimum atomic E-state index is -0.427. The van der Waals surface area contributed by atoms with E-state index in [-0.39, 0.29) is 5.91 Å². The van der Waals surface area contributed by atoms with Gasteiger partial charge in [-0.15, -0.1) is 11.3 Å². The molecule has 2 aromatic heterocycles. The van der Waals surface area contributed by atoms with E-state index in [0.717, 1.165) is 21.6 Å². The number of nitrogens with zero attached hydrogens (tertiary/aromatic N) is 2. The van der Waals surface area contributed by atoms with Crippen molar-refractivity contribution in [3.8, 4) is 0 Å². The molecule has 3 aromatic rings. The molecule has 0 spiro atoms. The lowest BCUT2D eigenvalue weighted by atomic mass is 10.3. The fraction of sp³-hybridized carbons (Fsp3) is 0.188. The van der Waals surface area contributed by atoms with Gasteiger partial charge in [0, 0.05) is 19.2 Å². The van der Waals surface area contributed by atoms with E-state index in [9.17, 15) is 9.59 Å². The summed E-state index contributed by atoms with van der Waals surface area (Å²) in [6, 6.07) is 7.12. The molecule has 0 fully saturated rings. The molecule has 0 unspecified atom stereocenters. The number of rotatable bonds is 3. The van der Waals surface area contributed by atoms with Crippen molar-refractivity contribution in [2.24, 2.45) is 4.99 Å². The summed E-state index contributed by atoms with van der Waals surface area (Å²) >= 11 is 14.4. The van der Waals surface area contributed by atoms with Crippen LogP contribution in [-0.2, 0) is 11.3 Å². The molecule has 0 saturated heterocycles. The Morgan fingerprint density at radius 3 is 2.60 bits per heavy atom. The monoisotopic (exact) mass is 413 g/mol. The van der Waals surface area contributed by atoms with Gasteiger partial charge >= 0.3 is 0 Å². The van der Waals surface area contributed by atoms with Gasteiger partial charge < -0.3 is 9.88 Å². The molecule has 1 aromatic carbocycles. The molecule has 0 aliphatic rings. The third-order valence-electron chi connectivity index (χ3n) is 3.40. The zero-order chi connectivity index (χ0) is 18.1. The summed E-state index contributed by atoms with van der Waals surface area (Å²) in [6.45, 7) is 4.09. The summed E-state index contributed by atoms with van der Waals surface area (Å²) < 4.78 is 3.64. The van der Waals surface area contributed by atoms with Crippen molar-refractivity contribution in [2.45, 2.75) is 20.4 Å². The normalized spacial score (nSPS) is 11.9. The summed E-state index contributed by atoms with van der Waals surface area (Å²) in [6.07, 6.45) is 0. The van der Waals surface area contributed by atoms with E-state index < -0.39 is 5.91 Å². The van der Waals surface area contributed by atoms with Gasteiger partial charge in [-0.25, -0.2) is 0 Å². The van der Waals surface area contributed by atoms with Crippen LogP contribution in [0, 0.1) is 0 Å². The number of halogens is 2. The molecule has 0 aliphatic carbocycles. The number of fused-ring (bicyclic) bond motifs is 1. The number of hydrogen-bond donors (Lipinski definition) is 1. The van der Waals surface area contributed by atoms with Gasteiger partial charge in [-0.2, -0.15) is 4.99 Å². The number of amides is 2. The van der Waals surface area contributed by atoms with Gasteiger partial charge in [0.15, 0.2) is 4.80 Å². The Kier molecular flexibility index (Phi) is 5.29.